The van der Waals surface area contributed by atoms with E-state index in [2.05, 4.69) is 27.6 Å². The highest BCUT2D eigenvalue weighted by Gasteiger charge is 2.68. The van der Waals surface area contributed by atoms with Gasteiger partial charge < -0.3 is 10.6 Å². The summed E-state index contributed by atoms with van der Waals surface area (Å²) in [6.07, 6.45) is 7.48. The first-order valence-corrected chi connectivity index (χ1v) is 10.5. The zero-order valence-electron chi connectivity index (χ0n) is 16.7. The number of hydrogen-bond acceptors (Lipinski definition) is 4. The van der Waals surface area contributed by atoms with Gasteiger partial charge in [-0.15, -0.1) is 0 Å². The zero-order chi connectivity index (χ0) is 20.1. The minimum absolute atomic E-state index is 0.00787. The molecular formula is C22H27N5O2. The molecule has 4 aliphatic rings. The molecule has 4 fully saturated rings. The molecule has 0 saturated heterocycles. The summed E-state index contributed by atoms with van der Waals surface area (Å²) in [6, 6.07) is 9.72. The molecule has 0 radical (unpaired) electrons. The molecule has 1 aromatic heterocycles. The van der Waals surface area contributed by atoms with E-state index in [0.29, 0.717) is 11.2 Å². The maximum atomic E-state index is 12.7. The highest BCUT2D eigenvalue weighted by Crippen LogP contribution is 2.73. The fraction of sp³-hybridized carbons (Fsp3) is 0.545. The zero-order valence-corrected chi connectivity index (χ0v) is 16.7. The Balaban J connectivity index is 1.15. The first kappa shape index (κ1) is 18.3. The van der Waals surface area contributed by atoms with Gasteiger partial charge in [-0.05, 0) is 43.9 Å². The van der Waals surface area contributed by atoms with Crippen LogP contribution >= 0.6 is 0 Å². The van der Waals surface area contributed by atoms with Crippen LogP contribution in [0.25, 0.3) is 11.4 Å². The lowest BCUT2D eigenvalue weighted by molar-refractivity contribution is -0.200. The van der Waals surface area contributed by atoms with Gasteiger partial charge in [0.15, 0.2) is 5.82 Å². The van der Waals surface area contributed by atoms with E-state index in [4.69, 9.17) is 0 Å². The number of aromatic nitrogens is 3. The Hall–Kier alpha value is -2.70. The normalized spacial score (nSPS) is 32.2. The molecule has 29 heavy (non-hydrogen) atoms. The number of nitrogens with one attached hydrogen (secondary N) is 2. The molecule has 1 heterocycles. The van der Waals surface area contributed by atoms with Crippen molar-refractivity contribution in [3.63, 3.8) is 0 Å². The summed E-state index contributed by atoms with van der Waals surface area (Å²) in [5, 5.41) is 10.7. The van der Waals surface area contributed by atoms with E-state index in [9.17, 15) is 9.59 Å². The van der Waals surface area contributed by atoms with Gasteiger partial charge in [0.25, 0.3) is 0 Å². The maximum Gasteiger partial charge on any atom is 0.242 e. The van der Waals surface area contributed by atoms with Crippen LogP contribution in [0, 0.1) is 10.8 Å². The number of hydrogen-bond donors (Lipinski definition) is 2. The first-order valence-electron chi connectivity index (χ1n) is 10.5. The summed E-state index contributed by atoms with van der Waals surface area (Å²) < 4.78 is 1.56. The lowest BCUT2D eigenvalue weighted by Crippen LogP contribution is -2.67. The lowest BCUT2D eigenvalue weighted by Gasteiger charge is -2.68. The highest BCUT2D eigenvalue weighted by atomic mass is 16.2. The lowest BCUT2D eigenvalue weighted by atomic mass is 9.35. The summed E-state index contributed by atoms with van der Waals surface area (Å²) in [5.74, 6) is 0.700. The summed E-state index contributed by atoms with van der Waals surface area (Å²) in [5.41, 5.74) is 1.23. The third-order valence-corrected chi connectivity index (χ3v) is 6.83. The second kappa shape index (κ2) is 6.68. The van der Waals surface area contributed by atoms with Crippen LogP contribution < -0.4 is 10.6 Å². The molecule has 0 unspecified atom stereocenters. The average molecular weight is 393 g/mol. The van der Waals surface area contributed by atoms with E-state index in [1.54, 1.807) is 11.0 Å². The number of benzene rings is 1. The highest BCUT2D eigenvalue weighted by molar-refractivity contribution is 5.86. The Morgan fingerprint density at radius 2 is 1.79 bits per heavy atom. The standard InChI is InChI=1S/C22H27N5O2/c1-21-11-22(12-21,13-21)20(29)25-17-9-5-8-16(17)24-18(28)10-27-14-23-19(26-27)15-6-3-2-4-7-15/h2-4,6-7,14,16-17H,5,8-13H2,1H3,(H,24,28)(H,25,29)/t16-,17-,21?,22?/m1/s1. The fourth-order valence-electron chi connectivity index (χ4n) is 5.65. The van der Waals surface area contributed by atoms with Crippen molar-refractivity contribution >= 4 is 11.8 Å². The van der Waals surface area contributed by atoms with Crippen LogP contribution in [0.2, 0.25) is 0 Å². The topological polar surface area (TPSA) is 88.9 Å². The summed E-state index contributed by atoms with van der Waals surface area (Å²) in [4.78, 5) is 29.5. The van der Waals surface area contributed by atoms with E-state index in [0.717, 1.165) is 44.1 Å². The number of amides is 2. The summed E-state index contributed by atoms with van der Waals surface area (Å²) in [7, 11) is 0. The van der Waals surface area contributed by atoms with E-state index >= 15 is 0 Å². The Labute approximate surface area is 170 Å². The third-order valence-electron chi connectivity index (χ3n) is 6.83. The molecule has 152 valence electrons. The van der Waals surface area contributed by atoms with Crippen LogP contribution in [0.4, 0.5) is 0 Å². The molecule has 2 aromatic rings. The largest absolute Gasteiger partial charge is 0.351 e. The monoisotopic (exact) mass is 393 g/mol. The van der Waals surface area contributed by atoms with Crippen molar-refractivity contribution in [2.45, 2.75) is 64.1 Å². The van der Waals surface area contributed by atoms with Crippen LogP contribution in [0.1, 0.15) is 45.4 Å². The smallest absolute Gasteiger partial charge is 0.242 e. The van der Waals surface area contributed by atoms with Crippen LogP contribution in [0.5, 0.6) is 0 Å². The quantitative estimate of drug-likeness (QED) is 0.788. The van der Waals surface area contributed by atoms with Gasteiger partial charge in [0.2, 0.25) is 11.8 Å². The average Bonchev–Trinajstić information content (AvgIpc) is 3.29. The molecule has 1 aromatic carbocycles. The molecule has 6 rings (SSSR count). The molecule has 2 amide bonds. The van der Waals surface area contributed by atoms with Crippen LogP contribution in [0.3, 0.4) is 0 Å². The van der Waals surface area contributed by atoms with Crippen molar-refractivity contribution in [2.24, 2.45) is 10.8 Å². The van der Waals surface area contributed by atoms with Crippen molar-refractivity contribution < 1.29 is 9.59 Å². The Bertz CT molecular complexity index is 918. The SMILES string of the molecule is CC12CC(C(=O)N[C@@H]3CCC[C@H]3NC(=O)Cn3cnc(-c4ccccc4)n3)(C1)C2. The molecule has 0 aliphatic heterocycles. The van der Waals surface area contributed by atoms with Gasteiger partial charge in [0.05, 0.1) is 5.41 Å². The van der Waals surface area contributed by atoms with Gasteiger partial charge >= 0.3 is 0 Å². The number of carbonyl (C=O) groups excluding carboxylic acids is 2. The second-order valence-corrected chi connectivity index (χ2v) is 9.44. The minimum atomic E-state index is -0.111. The molecule has 2 atom stereocenters. The van der Waals surface area contributed by atoms with E-state index in [1.807, 2.05) is 30.3 Å². The van der Waals surface area contributed by atoms with Crippen molar-refractivity contribution in [2.75, 3.05) is 0 Å². The maximum absolute atomic E-state index is 12.7. The molecule has 2 bridgehead atoms. The van der Waals surface area contributed by atoms with Gasteiger partial charge in [-0.25, -0.2) is 9.67 Å². The van der Waals surface area contributed by atoms with Crippen molar-refractivity contribution in [1.29, 1.82) is 0 Å². The Morgan fingerprint density at radius 1 is 1.10 bits per heavy atom. The molecule has 7 heteroatoms. The minimum Gasteiger partial charge on any atom is -0.351 e. The molecule has 4 aliphatic carbocycles. The number of rotatable bonds is 6. The van der Waals surface area contributed by atoms with Gasteiger partial charge in [0.1, 0.15) is 12.9 Å². The molecule has 4 saturated carbocycles. The number of carbonyl (C=O) groups is 2. The van der Waals surface area contributed by atoms with Crippen molar-refractivity contribution in [3.05, 3.63) is 36.7 Å². The van der Waals surface area contributed by atoms with E-state index in [1.165, 1.54) is 0 Å². The van der Waals surface area contributed by atoms with Crippen molar-refractivity contribution in [1.82, 2.24) is 25.4 Å². The van der Waals surface area contributed by atoms with Crippen LogP contribution in [-0.4, -0.2) is 38.7 Å². The molecule has 7 nitrogen and oxygen atoms in total. The molecule has 0 spiro atoms. The van der Waals surface area contributed by atoms with Gasteiger partial charge in [0, 0.05) is 17.6 Å². The number of nitrogens with zero attached hydrogens (tertiary/aromatic N) is 3. The van der Waals surface area contributed by atoms with E-state index < -0.39 is 0 Å². The Kier molecular flexibility index (Phi) is 4.22. The summed E-state index contributed by atoms with van der Waals surface area (Å²) in [6.45, 7) is 2.38. The van der Waals surface area contributed by atoms with Crippen LogP contribution in [0.15, 0.2) is 36.7 Å². The van der Waals surface area contributed by atoms with Crippen molar-refractivity contribution in [3.8, 4) is 11.4 Å². The predicted molar refractivity (Wildman–Crippen MR) is 108 cm³/mol. The fourth-order valence-corrected chi connectivity index (χ4v) is 5.65. The molecular weight excluding hydrogens is 366 g/mol. The predicted octanol–water partition coefficient (Wildman–Crippen LogP) is 2.29. The first-order chi connectivity index (χ1) is 13.9. The summed E-state index contributed by atoms with van der Waals surface area (Å²) >= 11 is 0. The molecule has 2 N–H and O–H groups in total. The Morgan fingerprint density at radius 3 is 2.48 bits per heavy atom. The second-order valence-electron chi connectivity index (χ2n) is 9.44. The van der Waals surface area contributed by atoms with E-state index in [-0.39, 0.29) is 35.9 Å². The van der Waals surface area contributed by atoms with Crippen LogP contribution in [-0.2, 0) is 16.1 Å². The van der Waals surface area contributed by atoms with Gasteiger partial charge in [-0.3, -0.25) is 9.59 Å². The third kappa shape index (κ3) is 3.32. The van der Waals surface area contributed by atoms with Gasteiger partial charge in [-0.1, -0.05) is 37.3 Å². The van der Waals surface area contributed by atoms with Gasteiger partial charge in [-0.2, -0.15) is 5.10 Å².